The van der Waals surface area contributed by atoms with E-state index in [1.54, 1.807) is 11.8 Å². The number of hydrogen-bond donors (Lipinski definition) is 0. The molecule has 0 radical (unpaired) electrons. The lowest BCUT2D eigenvalue weighted by atomic mass is 10.2. The summed E-state index contributed by atoms with van der Waals surface area (Å²) in [5.41, 5.74) is 1.24. The van der Waals surface area contributed by atoms with Crippen LogP contribution in [-0.2, 0) is 0 Å². The van der Waals surface area contributed by atoms with Crippen LogP contribution >= 0.6 is 11.8 Å². The van der Waals surface area contributed by atoms with E-state index < -0.39 is 0 Å². The Morgan fingerprint density at radius 2 is 2.00 bits per heavy atom. The first-order chi connectivity index (χ1) is 5.34. The maximum absolute atomic E-state index is 3.98. The normalized spacial score (nSPS) is 9.55. The fourth-order valence-electron chi connectivity index (χ4n) is 0.882. The monoisotopic (exact) mass is 164 g/mol. The van der Waals surface area contributed by atoms with E-state index in [9.17, 15) is 0 Å². The molecule has 0 unspecified atom stereocenters. The van der Waals surface area contributed by atoms with E-state index in [0.717, 1.165) is 10.7 Å². The first-order valence-corrected chi connectivity index (χ1v) is 4.70. The summed E-state index contributed by atoms with van der Waals surface area (Å²) in [6, 6.07) is 10.3. The lowest BCUT2D eigenvalue weighted by Gasteiger charge is -2.01. The molecule has 11 heavy (non-hydrogen) atoms. The standard InChI is InChI=1S/C10H12S/c1-3-11-9(2)10-7-5-4-6-8-10/h4-8H,2-3H2,1H3. The molecule has 0 atom stereocenters. The Balaban J connectivity index is 2.69. The highest BCUT2D eigenvalue weighted by atomic mass is 32.2. The van der Waals surface area contributed by atoms with Crippen molar-refractivity contribution in [1.29, 1.82) is 0 Å². The van der Waals surface area contributed by atoms with Crippen molar-refractivity contribution >= 4 is 16.7 Å². The van der Waals surface area contributed by atoms with E-state index in [0.29, 0.717) is 0 Å². The quantitative estimate of drug-likeness (QED) is 0.659. The third-order valence-corrected chi connectivity index (χ3v) is 2.29. The van der Waals surface area contributed by atoms with Crippen LogP contribution in [0.15, 0.2) is 36.9 Å². The van der Waals surface area contributed by atoms with Crippen LogP contribution in [0.3, 0.4) is 0 Å². The predicted octanol–water partition coefficient (Wildman–Crippen LogP) is 3.41. The van der Waals surface area contributed by atoms with E-state index >= 15 is 0 Å². The Hall–Kier alpha value is -0.690. The zero-order valence-electron chi connectivity index (χ0n) is 6.71. The minimum atomic E-state index is 1.09. The largest absolute Gasteiger partial charge is 0.126 e. The fourth-order valence-corrected chi connectivity index (χ4v) is 1.53. The number of hydrogen-bond acceptors (Lipinski definition) is 1. The molecule has 1 rings (SSSR count). The first-order valence-electron chi connectivity index (χ1n) is 3.71. The van der Waals surface area contributed by atoms with Crippen LogP contribution in [0.4, 0.5) is 0 Å². The van der Waals surface area contributed by atoms with E-state index in [4.69, 9.17) is 0 Å². The molecule has 0 aromatic heterocycles. The third kappa shape index (κ3) is 2.43. The van der Waals surface area contributed by atoms with E-state index in [1.807, 2.05) is 18.2 Å². The van der Waals surface area contributed by atoms with E-state index in [-0.39, 0.29) is 0 Å². The summed E-state index contributed by atoms with van der Waals surface area (Å²) in [4.78, 5) is 1.16. The predicted molar refractivity (Wildman–Crippen MR) is 53.6 cm³/mol. The molecule has 58 valence electrons. The number of benzene rings is 1. The summed E-state index contributed by atoms with van der Waals surface area (Å²) >= 11 is 1.79. The van der Waals surface area contributed by atoms with Crippen LogP contribution in [0.5, 0.6) is 0 Å². The van der Waals surface area contributed by atoms with Gasteiger partial charge in [0.2, 0.25) is 0 Å². The average Bonchev–Trinajstić information content (AvgIpc) is 2.07. The average molecular weight is 164 g/mol. The minimum Gasteiger partial charge on any atom is -0.126 e. The molecular formula is C10H12S. The van der Waals surface area contributed by atoms with Gasteiger partial charge in [-0.15, -0.1) is 11.8 Å². The second-order valence-electron chi connectivity index (χ2n) is 2.22. The van der Waals surface area contributed by atoms with Gasteiger partial charge >= 0.3 is 0 Å². The van der Waals surface area contributed by atoms with Crippen LogP contribution < -0.4 is 0 Å². The fraction of sp³-hybridized carbons (Fsp3) is 0.200. The van der Waals surface area contributed by atoms with Gasteiger partial charge in [-0.1, -0.05) is 43.8 Å². The first kappa shape index (κ1) is 8.41. The molecule has 0 fully saturated rings. The van der Waals surface area contributed by atoms with Gasteiger partial charge in [-0.05, 0) is 11.3 Å². The second kappa shape index (κ2) is 4.24. The van der Waals surface area contributed by atoms with Crippen LogP contribution in [-0.4, -0.2) is 5.75 Å². The molecular weight excluding hydrogens is 152 g/mol. The van der Waals surface area contributed by atoms with Crippen molar-refractivity contribution in [2.45, 2.75) is 6.92 Å². The van der Waals surface area contributed by atoms with Crippen molar-refractivity contribution in [3.8, 4) is 0 Å². The van der Waals surface area contributed by atoms with Crippen molar-refractivity contribution in [3.63, 3.8) is 0 Å². The number of thioether (sulfide) groups is 1. The molecule has 0 saturated heterocycles. The molecule has 0 nitrogen and oxygen atoms in total. The van der Waals surface area contributed by atoms with Crippen LogP contribution in [0.25, 0.3) is 4.91 Å². The van der Waals surface area contributed by atoms with Crippen molar-refractivity contribution in [1.82, 2.24) is 0 Å². The summed E-state index contributed by atoms with van der Waals surface area (Å²) in [5.74, 6) is 1.09. The van der Waals surface area contributed by atoms with Crippen molar-refractivity contribution in [3.05, 3.63) is 42.5 Å². The van der Waals surface area contributed by atoms with E-state index in [1.165, 1.54) is 5.56 Å². The topological polar surface area (TPSA) is 0 Å². The molecule has 0 spiro atoms. The molecule has 1 aromatic rings. The smallest absolute Gasteiger partial charge is 0.00724 e. The Morgan fingerprint density at radius 1 is 1.36 bits per heavy atom. The van der Waals surface area contributed by atoms with Gasteiger partial charge < -0.3 is 0 Å². The van der Waals surface area contributed by atoms with Crippen molar-refractivity contribution < 1.29 is 0 Å². The Labute approximate surface area is 72.3 Å². The van der Waals surface area contributed by atoms with Gasteiger partial charge in [0.25, 0.3) is 0 Å². The van der Waals surface area contributed by atoms with Gasteiger partial charge in [-0.2, -0.15) is 0 Å². The van der Waals surface area contributed by atoms with Crippen LogP contribution in [0.2, 0.25) is 0 Å². The second-order valence-corrected chi connectivity index (χ2v) is 3.58. The summed E-state index contributed by atoms with van der Waals surface area (Å²) in [6.07, 6.45) is 0. The summed E-state index contributed by atoms with van der Waals surface area (Å²) < 4.78 is 0. The zero-order chi connectivity index (χ0) is 8.10. The molecule has 0 saturated carbocycles. The SMILES string of the molecule is C=C(SCC)c1ccccc1. The molecule has 0 aliphatic rings. The summed E-state index contributed by atoms with van der Waals surface area (Å²) in [5, 5.41) is 0. The zero-order valence-corrected chi connectivity index (χ0v) is 7.53. The minimum absolute atomic E-state index is 1.09. The van der Waals surface area contributed by atoms with Gasteiger partial charge in [0.05, 0.1) is 0 Å². The molecule has 1 heteroatoms. The molecule has 0 aliphatic carbocycles. The van der Waals surface area contributed by atoms with E-state index in [2.05, 4.69) is 25.6 Å². The van der Waals surface area contributed by atoms with Gasteiger partial charge in [0.1, 0.15) is 0 Å². The molecule has 0 amide bonds. The maximum Gasteiger partial charge on any atom is 0.00724 e. The molecule has 0 heterocycles. The Morgan fingerprint density at radius 3 is 2.55 bits per heavy atom. The Kier molecular flexibility index (Phi) is 3.24. The highest BCUT2D eigenvalue weighted by Crippen LogP contribution is 2.24. The summed E-state index contributed by atoms with van der Waals surface area (Å²) in [6.45, 7) is 6.12. The highest BCUT2D eigenvalue weighted by molar-refractivity contribution is 8.08. The van der Waals surface area contributed by atoms with Crippen molar-refractivity contribution in [2.24, 2.45) is 0 Å². The molecule has 0 N–H and O–H groups in total. The molecule has 1 aromatic carbocycles. The summed E-state index contributed by atoms with van der Waals surface area (Å²) in [7, 11) is 0. The molecule has 0 bridgehead atoms. The molecule has 0 aliphatic heterocycles. The van der Waals surface area contributed by atoms with Gasteiger partial charge in [0.15, 0.2) is 0 Å². The lowest BCUT2D eigenvalue weighted by Crippen LogP contribution is -1.76. The van der Waals surface area contributed by atoms with Crippen LogP contribution in [0, 0.1) is 0 Å². The van der Waals surface area contributed by atoms with Gasteiger partial charge in [-0.25, -0.2) is 0 Å². The van der Waals surface area contributed by atoms with Gasteiger partial charge in [-0.3, -0.25) is 0 Å². The van der Waals surface area contributed by atoms with Gasteiger partial charge in [0, 0.05) is 4.91 Å². The van der Waals surface area contributed by atoms with Crippen LogP contribution in [0.1, 0.15) is 12.5 Å². The maximum atomic E-state index is 3.98. The van der Waals surface area contributed by atoms with Crippen molar-refractivity contribution in [2.75, 3.05) is 5.75 Å². The Bertz CT molecular complexity index is 226. The highest BCUT2D eigenvalue weighted by Gasteiger charge is 1.94. The number of rotatable bonds is 3. The lowest BCUT2D eigenvalue weighted by molar-refractivity contribution is 1.53. The third-order valence-electron chi connectivity index (χ3n) is 1.41.